The van der Waals surface area contributed by atoms with Crippen LogP contribution in [0.5, 0.6) is 0 Å². The second-order valence-corrected chi connectivity index (χ2v) is 12.7. The van der Waals surface area contributed by atoms with Crippen LogP contribution in [0.15, 0.2) is 24.3 Å². The van der Waals surface area contributed by atoms with Gasteiger partial charge in [-0.05, 0) is 62.8 Å². The number of carbonyl (C=O) groups excluding carboxylic acids is 2. The molecule has 1 aromatic carbocycles. The molecular formula is C30H36N5O2S+. The van der Waals surface area contributed by atoms with Crippen molar-refractivity contribution in [3.8, 4) is 10.6 Å². The zero-order valence-electron chi connectivity index (χ0n) is 22.4. The fraction of sp³-hybridized carbons (Fsp3) is 0.533. The highest BCUT2D eigenvalue weighted by atomic mass is 32.1. The van der Waals surface area contributed by atoms with E-state index in [0.717, 1.165) is 89.3 Å². The highest BCUT2D eigenvalue weighted by Gasteiger charge is 2.36. The van der Waals surface area contributed by atoms with Gasteiger partial charge < -0.3 is 14.7 Å². The number of rotatable bonds is 3. The Hall–Kier alpha value is -3.00. The molecule has 3 aliphatic heterocycles. The lowest BCUT2D eigenvalue weighted by Crippen LogP contribution is -2.50. The zero-order valence-corrected chi connectivity index (χ0v) is 23.2. The molecule has 7 rings (SSSR count). The monoisotopic (exact) mass is 530 g/mol. The van der Waals surface area contributed by atoms with Gasteiger partial charge in [0.25, 0.3) is 0 Å². The standard InChI is InChI=1S/C30H36N5O2S/c1-19-15-23(32-7-11-34(12-8-32)29(36)21-3-4-21)17-25-27(19)31-28-20(2)16-24(18-26(28)38-25)33-9-13-35(14-10-33)30(37)22-5-6-22/h15-18,21-22H,3-14H2,1-2H3/q+1. The van der Waals surface area contributed by atoms with Gasteiger partial charge in [-0.3, -0.25) is 9.59 Å². The SMILES string of the molecule is Cc1cc(=[N+]2CCN(C(=O)C3CC3)CC2)cc2sc3cc(N4CCN(C(=O)C5CC5)CC4)cc(C)c3nc1-2. The van der Waals surface area contributed by atoms with Gasteiger partial charge in [0, 0.05) is 55.8 Å². The summed E-state index contributed by atoms with van der Waals surface area (Å²) >= 11 is 1.83. The molecule has 3 aliphatic carbocycles. The van der Waals surface area contributed by atoms with Gasteiger partial charge in [0.1, 0.15) is 0 Å². The van der Waals surface area contributed by atoms with Crippen LogP contribution in [0.25, 0.3) is 20.8 Å². The number of aryl methyl sites for hydroxylation is 2. The number of nitrogens with zero attached hydrogens (tertiary/aromatic N) is 5. The first-order chi connectivity index (χ1) is 18.4. The molecule has 7 nitrogen and oxygen atoms in total. The Morgan fingerprint density at radius 2 is 1.45 bits per heavy atom. The third-order valence-corrected chi connectivity index (χ3v) is 9.77. The first kappa shape index (κ1) is 24.1. The molecule has 0 aromatic heterocycles. The normalized spacial score (nSPS) is 20.5. The van der Waals surface area contributed by atoms with Crippen LogP contribution in [0.4, 0.5) is 5.69 Å². The topological polar surface area (TPSA) is 59.8 Å². The molecule has 8 heteroatoms. The molecule has 2 saturated carbocycles. The maximum absolute atomic E-state index is 12.5. The van der Waals surface area contributed by atoms with E-state index in [9.17, 15) is 9.59 Å². The van der Waals surface area contributed by atoms with Crippen molar-refractivity contribution < 1.29 is 9.59 Å². The molecular weight excluding hydrogens is 494 g/mol. The summed E-state index contributed by atoms with van der Waals surface area (Å²) < 4.78 is 3.63. The first-order valence-corrected chi connectivity index (χ1v) is 15.0. The summed E-state index contributed by atoms with van der Waals surface area (Å²) in [5.41, 5.74) is 5.79. The molecule has 0 N–H and O–H groups in total. The van der Waals surface area contributed by atoms with Crippen LogP contribution < -0.4 is 14.8 Å². The number of piperazine rings is 2. The summed E-state index contributed by atoms with van der Waals surface area (Å²) in [5.74, 6) is 1.32. The minimum Gasteiger partial charge on any atom is -0.368 e. The Morgan fingerprint density at radius 3 is 2.08 bits per heavy atom. The first-order valence-electron chi connectivity index (χ1n) is 14.2. The highest BCUT2D eigenvalue weighted by Crippen LogP contribution is 2.36. The zero-order chi connectivity index (χ0) is 26.0. The van der Waals surface area contributed by atoms with E-state index in [1.807, 2.05) is 11.3 Å². The Balaban J connectivity index is 1.17. The molecule has 0 unspecified atom stereocenters. The smallest absolute Gasteiger partial charge is 0.226 e. The molecule has 38 heavy (non-hydrogen) atoms. The number of anilines is 1. The summed E-state index contributed by atoms with van der Waals surface area (Å²) in [6.45, 7) is 11.1. The predicted octanol–water partition coefficient (Wildman–Crippen LogP) is 3.10. The van der Waals surface area contributed by atoms with Gasteiger partial charge in [-0.15, -0.1) is 11.3 Å². The van der Waals surface area contributed by atoms with Crippen molar-refractivity contribution >= 4 is 39.1 Å². The van der Waals surface area contributed by atoms with Crippen molar-refractivity contribution in [2.75, 3.05) is 57.3 Å². The second-order valence-electron chi connectivity index (χ2n) is 11.6. The predicted molar refractivity (Wildman–Crippen MR) is 152 cm³/mol. The molecule has 6 aliphatic rings. The maximum atomic E-state index is 12.5. The maximum Gasteiger partial charge on any atom is 0.226 e. The molecule has 0 bridgehead atoms. The van der Waals surface area contributed by atoms with E-state index < -0.39 is 0 Å². The summed E-state index contributed by atoms with van der Waals surface area (Å²) in [6.07, 6.45) is 4.29. The molecule has 0 atom stereocenters. The number of amides is 2. The number of fused-ring (bicyclic) bond motifs is 2. The summed E-state index contributed by atoms with van der Waals surface area (Å²) in [5, 5.41) is 1.23. The average molecular weight is 531 g/mol. The molecule has 0 radical (unpaired) electrons. The molecule has 3 heterocycles. The van der Waals surface area contributed by atoms with Gasteiger partial charge in [-0.2, -0.15) is 0 Å². The summed E-state index contributed by atoms with van der Waals surface area (Å²) in [6, 6.07) is 9.11. The number of benzene rings is 2. The Labute approximate surface area is 227 Å². The Bertz CT molecular complexity index is 1470. The lowest BCUT2D eigenvalue weighted by molar-refractivity contribution is -0.133. The van der Waals surface area contributed by atoms with Crippen LogP contribution in [-0.4, -0.2) is 79.0 Å². The van der Waals surface area contributed by atoms with Crippen LogP contribution in [0, 0.1) is 25.7 Å². The van der Waals surface area contributed by atoms with Crippen LogP contribution in [0.3, 0.4) is 0 Å². The van der Waals surface area contributed by atoms with Crippen LogP contribution in [0.1, 0.15) is 36.8 Å². The van der Waals surface area contributed by atoms with Gasteiger partial charge in [0.05, 0.1) is 33.9 Å². The molecule has 198 valence electrons. The van der Waals surface area contributed by atoms with E-state index in [1.54, 1.807) is 0 Å². The Kier molecular flexibility index (Phi) is 5.91. The van der Waals surface area contributed by atoms with Crippen molar-refractivity contribution in [1.29, 1.82) is 0 Å². The van der Waals surface area contributed by atoms with E-state index in [2.05, 4.69) is 57.4 Å². The van der Waals surface area contributed by atoms with E-state index in [0.29, 0.717) is 23.7 Å². The fourth-order valence-corrected chi connectivity index (χ4v) is 7.25. The molecule has 0 spiro atoms. The third kappa shape index (κ3) is 4.46. The van der Waals surface area contributed by atoms with Crippen LogP contribution >= 0.6 is 11.3 Å². The molecule has 4 fully saturated rings. The van der Waals surface area contributed by atoms with Crippen molar-refractivity contribution in [1.82, 2.24) is 19.4 Å². The number of hydrogen-bond donors (Lipinski definition) is 0. The lowest BCUT2D eigenvalue weighted by Gasteiger charge is -2.36. The minimum atomic E-state index is 0.299. The fourth-order valence-electron chi connectivity index (χ4n) is 6.04. The highest BCUT2D eigenvalue weighted by molar-refractivity contribution is 7.21. The van der Waals surface area contributed by atoms with E-state index >= 15 is 0 Å². The number of hydrogen-bond acceptors (Lipinski definition) is 5. The van der Waals surface area contributed by atoms with E-state index in [-0.39, 0.29) is 0 Å². The van der Waals surface area contributed by atoms with Crippen molar-refractivity contribution in [2.45, 2.75) is 39.5 Å². The summed E-state index contributed by atoms with van der Waals surface area (Å²) in [4.78, 5) is 37.9. The summed E-state index contributed by atoms with van der Waals surface area (Å²) in [7, 11) is 0. The molecule has 2 amide bonds. The van der Waals surface area contributed by atoms with Gasteiger partial charge in [0.15, 0.2) is 13.1 Å². The average Bonchev–Trinajstić information content (AvgIpc) is 3.85. The molecule has 1 aromatic rings. The lowest BCUT2D eigenvalue weighted by atomic mass is 10.1. The third-order valence-electron chi connectivity index (χ3n) is 8.71. The second kappa shape index (κ2) is 9.33. The molecule has 2 saturated heterocycles. The van der Waals surface area contributed by atoms with Crippen molar-refractivity contribution in [2.24, 2.45) is 11.8 Å². The Morgan fingerprint density at radius 1 is 0.816 bits per heavy atom. The van der Waals surface area contributed by atoms with E-state index in [1.165, 1.54) is 31.7 Å². The van der Waals surface area contributed by atoms with E-state index in [4.69, 9.17) is 4.98 Å². The van der Waals surface area contributed by atoms with Gasteiger partial charge in [-0.25, -0.2) is 9.56 Å². The van der Waals surface area contributed by atoms with Crippen molar-refractivity contribution in [3.63, 3.8) is 0 Å². The number of carbonyl (C=O) groups is 2. The van der Waals surface area contributed by atoms with Crippen molar-refractivity contribution in [3.05, 3.63) is 40.7 Å². The van der Waals surface area contributed by atoms with Gasteiger partial charge >= 0.3 is 0 Å². The van der Waals surface area contributed by atoms with Gasteiger partial charge in [0.2, 0.25) is 17.2 Å². The quantitative estimate of drug-likeness (QED) is 0.386. The largest absolute Gasteiger partial charge is 0.368 e. The van der Waals surface area contributed by atoms with Crippen LogP contribution in [0.2, 0.25) is 0 Å². The van der Waals surface area contributed by atoms with Gasteiger partial charge in [-0.1, -0.05) is 0 Å². The minimum absolute atomic E-state index is 0.299. The van der Waals surface area contributed by atoms with Crippen LogP contribution in [-0.2, 0) is 9.59 Å². The number of aromatic nitrogens is 1.